The lowest BCUT2D eigenvalue weighted by molar-refractivity contribution is -0.0223. The summed E-state index contributed by atoms with van der Waals surface area (Å²) in [4.78, 5) is 2.22. The first-order valence-corrected chi connectivity index (χ1v) is 3.77. The lowest BCUT2D eigenvalue weighted by atomic mass is 10.3. The summed E-state index contributed by atoms with van der Waals surface area (Å²) < 4.78 is 5.33. The van der Waals surface area contributed by atoms with Crippen LogP contribution in [0.4, 0.5) is 0 Å². The molecule has 1 N–H and O–H groups in total. The fraction of sp³-hybridized carbons (Fsp3) is 1.00. The predicted octanol–water partition coefficient (Wildman–Crippen LogP) is -0.301. The molecule has 1 saturated heterocycles. The minimum absolute atomic E-state index is 0.257. The van der Waals surface area contributed by atoms with E-state index in [0.29, 0.717) is 6.10 Å². The Morgan fingerprint density at radius 2 is 2.50 bits per heavy atom. The van der Waals surface area contributed by atoms with Gasteiger partial charge < -0.3 is 9.84 Å². The van der Waals surface area contributed by atoms with Crippen LogP contribution in [0.5, 0.6) is 0 Å². The van der Waals surface area contributed by atoms with Crippen LogP contribution in [0, 0.1) is 0 Å². The van der Waals surface area contributed by atoms with Crippen molar-refractivity contribution in [2.45, 2.75) is 13.0 Å². The highest BCUT2D eigenvalue weighted by atomic mass is 16.5. The third kappa shape index (κ3) is 2.25. The third-order valence-electron chi connectivity index (χ3n) is 1.74. The van der Waals surface area contributed by atoms with Crippen molar-refractivity contribution >= 4 is 0 Å². The molecule has 3 nitrogen and oxygen atoms in total. The van der Waals surface area contributed by atoms with Crippen LogP contribution in [0.2, 0.25) is 0 Å². The zero-order valence-electron chi connectivity index (χ0n) is 6.42. The number of aliphatic hydroxyl groups is 1. The van der Waals surface area contributed by atoms with Crippen molar-refractivity contribution in [3.05, 3.63) is 0 Å². The van der Waals surface area contributed by atoms with E-state index in [2.05, 4.69) is 11.8 Å². The van der Waals surface area contributed by atoms with Gasteiger partial charge in [0.05, 0.1) is 19.3 Å². The normalized spacial score (nSPS) is 28.8. The van der Waals surface area contributed by atoms with Gasteiger partial charge in [-0.05, 0) is 6.92 Å². The quantitative estimate of drug-likeness (QED) is 0.579. The van der Waals surface area contributed by atoms with Crippen molar-refractivity contribution in [2.75, 3.05) is 32.8 Å². The topological polar surface area (TPSA) is 32.7 Å². The van der Waals surface area contributed by atoms with Gasteiger partial charge in [0.15, 0.2) is 0 Å². The second kappa shape index (κ2) is 3.91. The Morgan fingerprint density at radius 3 is 3.10 bits per heavy atom. The first kappa shape index (κ1) is 7.98. The van der Waals surface area contributed by atoms with Gasteiger partial charge in [0.1, 0.15) is 0 Å². The van der Waals surface area contributed by atoms with E-state index in [-0.39, 0.29) is 6.61 Å². The van der Waals surface area contributed by atoms with E-state index in [1.807, 2.05) is 0 Å². The van der Waals surface area contributed by atoms with E-state index in [9.17, 15) is 0 Å². The lowest BCUT2D eigenvalue weighted by Crippen LogP contribution is -2.42. The van der Waals surface area contributed by atoms with Crippen molar-refractivity contribution < 1.29 is 9.84 Å². The van der Waals surface area contributed by atoms with Crippen LogP contribution >= 0.6 is 0 Å². The summed E-state index contributed by atoms with van der Waals surface area (Å²) >= 11 is 0. The molecule has 1 unspecified atom stereocenters. The fourth-order valence-electron chi connectivity index (χ4n) is 1.24. The molecule has 1 aliphatic heterocycles. The molecule has 1 atom stereocenters. The summed E-state index contributed by atoms with van der Waals surface area (Å²) in [5.74, 6) is 0. The monoisotopic (exact) mass is 145 g/mol. The van der Waals surface area contributed by atoms with Crippen molar-refractivity contribution in [3.63, 3.8) is 0 Å². The average Bonchev–Trinajstić information content (AvgIpc) is 1.88. The van der Waals surface area contributed by atoms with Crippen LogP contribution in [0.3, 0.4) is 0 Å². The molecule has 0 aromatic carbocycles. The molecule has 0 radical (unpaired) electrons. The maximum absolute atomic E-state index is 8.62. The van der Waals surface area contributed by atoms with Gasteiger partial charge in [-0.25, -0.2) is 0 Å². The maximum atomic E-state index is 8.62. The SMILES string of the molecule is CC1CN(CCO)CCO1. The molecule has 1 aliphatic rings. The largest absolute Gasteiger partial charge is 0.395 e. The summed E-state index contributed by atoms with van der Waals surface area (Å²) in [5.41, 5.74) is 0. The first-order chi connectivity index (χ1) is 4.83. The summed E-state index contributed by atoms with van der Waals surface area (Å²) in [7, 11) is 0. The number of hydrogen-bond acceptors (Lipinski definition) is 3. The smallest absolute Gasteiger partial charge is 0.0674 e. The van der Waals surface area contributed by atoms with Crippen molar-refractivity contribution in [3.8, 4) is 0 Å². The molecule has 1 rings (SSSR count). The Bertz CT molecular complexity index is 95.6. The molecule has 0 bridgehead atoms. The van der Waals surface area contributed by atoms with Gasteiger partial charge in [0.2, 0.25) is 0 Å². The Balaban J connectivity index is 2.18. The summed E-state index contributed by atoms with van der Waals surface area (Å²) in [6.07, 6.45) is 0.334. The number of hydrogen-bond donors (Lipinski definition) is 1. The number of nitrogens with zero attached hydrogens (tertiary/aromatic N) is 1. The fourth-order valence-corrected chi connectivity index (χ4v) is 1.24. The molecule has 1 fully saturated rings. The molecule has 3 heteroatoms. The van der Waals surface area contributed by atoms with Crippen LogP contribution in [-0.2, 0) is 4.74 Å². The molecule has 0 aromatic rings. The third-order valence-corrected chi connectivity index (χ3v) is 1.74. The maximum Gasteiger partial charge on any atom is 0.0674 e. The Hall–Kier alpha value is -0.120. The van der Waals surface area contributed by atoms with Crippen molar-refractivity contribution in [1.82, 2.24) is 4.90 Å². The van der Waals surface area contributed by atoms with E-state index in [4.69, 9.17) is 9.84 Å². The van der Waals surface area contributed by atoms with Crippen LogP contribution in [-0.4, -0.2) is 49.0 Å². The Labute approximate surface area is 61.6 Å². The van der Waals surface area contributed by atoms with Gasteiger partial charge in [-0.15, -0.1) is 0 Å². The predicted molar refractivity (Wildman–Crippen MR) is 38.9 cm³/mol. The highest BCUT2D eigenvalue weighted by Gasteiger charge is 2.14. The number of morpholine rings is 1. The average molecular weight is 145 g/mol. The van der Waals surface area contributed by atoms with Crippen LogP contribution in [0.15, 0.2) is 0 Å². The molecular weight excluding hydrogens is 130 g/mol. The molecule has 0 aliphatic carbocycles. The van der Waals surface area contributed by atoms with Gasteiger partial charge in [-0.3, -0.25) is 4.90 Å². The Morgan fingerprint density at radius 1 is 1.70 bits per heavy atom. The number of β-amino-alcohol motifs (C(OH)–C–C–N with tert-alkyl or cyclic N) is 1. The second-order valence-corrected chi connectivity index (χ2v) is 2.71. The molecule has 0 saturated carbocycles. The molecule has 60 valence electrons. The first-order valence-electron chi connectivity index (χ1n) is 3.77. The van der Waals surface area contributed by atoms with Crippen LogP contribution in [0.25, 0.3) is 0 Å². The molecule has 0 aromatic heterocycles. The highest BCUT2D eigenvalue weighted by molar-refractivity contribution is 4.66. The van der Waals surface area contributed by atoms with E-state index < -0.39 is 0 Å². The number of aliphatic hydroxyl groups excluding tert-OH is 1. The number of ether oxygens (including phenoxy) is 1. The minimum atomic E-state index is 0.257. The summed E-state index contributed by atoms with van der Waals surface area (Å²) in [6, 6.07) is 0. The zero-order valence-corrected chi connectivity index (χ0v) is 6.42. The van der Waals surface area contributed by atoms with Gasteiger partial charge >= 0.3 is 0 Å². The van der Waals surface area contributed by atoms with Crippen molar-refractivity contribution in [1.29, 1.82) is 0 Å². The molecular formula is C7H15NO2. The molecule has 0 spiro atoms. The van der Waals surface area contributed by atoms with Gasteiger partial charge in [-0.2, -0.15) is 0 Å². The lowest BCUT2D eigenvalue weighted by Gasteiger charge is -2.30. The second-order valence-electron chi connectivity index (χ2n) is 2.71. The minimum Gasteiger partial charge on any atom is -0.395 e. The van der Waals surface area contributed by atoms with Crippen molar-refractivity contribution in [2.24, 2.45) is 0 Å². The zero-order chi connectivity index (χ0) is 7.40. The van der Waals surface area contributed by atoms with E-state index in [1.165, 1.54) is 0 Å². The molecule has 10 heavy (non-hydrogen) atoms. The summed E-state index contributed by atoms with van der Waals surface area (Å²) in [5, 5.41) is 8.62. The highest BCUT2D eigenvalue weighted by Crippen LogP contribution is 2.02. The molecule has 1 heterocycles. The summed E-state index contributed by atoms with van der Waals surface area (Å²) in [6.45, 7) is 5.83. The van der Waals surface area contributed by atoms with E-state index in [0.717, 1.165) is 26.2 Å². The van der Waals surface area contributed by atoms with E-state index in [1.54, 1.807) is 0 Å². The van der Waals surface area contributed by atoms with Gasteiger partial charge in [-0.1, -0.05) is 0 Å². The number of rotatable bonds is 2. The van der Waals surface area contributed by atoms with Crippen LogP contribution < -0.4 is 0 Å². The van der Waals surface area contributed by atoms with Crippen LogP contribution in [0.1, 0.15) is 6.92 Å². The molecule has 0 amide bonds. The Kier molecular flexibility index (Phi) is 3.12. The van der Waals surface area contributed by atoms with Gasteiger partial charge in [0.25, 0.3) is 0 Å². The van der Waals surface area contributed by atoms with E-state index >= 15 is 0 Å². The van der Waals surface area contributed by atoms with Gasteiger partial charge in [0, 0.05) is 19.6 Å². The standard InChI is InChI=1S/C7H15NO2/c1-7-6-8(2-4-9)3-5-10-7/h7,9H,2-6H2,1H3.